The van der Waals surface area contributed by atoms with Gasteiger partial charge in [0.2, 0.25) is 0 Å². The first-order valence-electron chi connectivity index (χ1n) is 4.25. The predicted molar refractivity (Wildman–Crippen MR) is 48.7 cm³/mol. The van der Waals surface area contributed by atoms with Crippen LogP contribution in [0.25, 0.3) is 0 Å². The fraction of sp³-hybridized carbons (Fsp3) is 0.364. The third-order valence-electron chi connectivity index (χ3n) is 1.87. The van der Waals surface area contributed by atoms with Gasteiger partial charge in [0, 0.05) is 0 Å². The minimum atomic E-state index is 0.752. The molecule has 1 rings (SSSR count). The van der Waals surface area contributed by atoms with Crippen LogP contribution in [0.3, 0.4) is 0 Å². The van der Waals surface area contributed by atoms with Gasteiger partial charge in [0.15, 0.2) is 0 Å². The molecule has 1 radical (unpaired) electrons. The van der Waals surface area contributed by atoms with Gasteiger partial charge in [-0.2, -0.15) is 5.26 Å². The Bertz CT molecular complexity index is 285. The second-order valence-electron chi connectivity index (χ2n) is 2.74. The molecule has 0 saturated heterocycles. The largest absolute Gasteiger partial charge is 0.192 e. The van der Waals surface area contributed by atoms with E-state index in [1.807, 2.05) is 12.1 Å². The number of hydrogen-bond acceptors (Lipinski definition) is 1. The van der Waals surface area contributed by atoms with Crippen LogP contribution in [-0.4, -0.2) is 0 Å². The van der Waals surface area contributed by atoms with Crippen LogP contribution in [0.15, 0.2) is 12.1 Å². The summed E-state index contributed by atoms with van der Waals surface area (Å²) in [4.78, 5) is 0. The van der Waals surface area contributed by atoms with E-state index in [1.165, 1.54) is 0 Å². The lowest BCUT2D eigenvalue weighted by Gasteiger charge is -2.00. The van der Waals surface area contributed by atoms with E-state index in [4.69, 9.17) is 5.26 Å². The van der Waals surface area contributed by atoms with E-state index in [0.29, 0.717) is 0 Å². The van der Waals surface area contributed by atoms with Gasteiger partial charge in [0.05, 0.1) is 11.6 Å². The molecule has 0 amide bonds. The average molecular weight is 158 g/mol. The maximum Gasteiger partial charge on any atom is 0.0991 e. The number of nitriles is 1. The quantitative estimate of drug-likeness (QED) is 0.648. The third kappa shape index (κ3) is 1.85. The molecule has 61 valence electrons. The molecule has 0 heterocycles. The molecule has 0 saturated carbocycles. The van der Waals surface area contributed by atoms with Crippen LogP contribution in [0, 0.1) is 17.4 Å². The standard InChI is InChI=1S/C11H12N/c1-3-9-5-10(4-2)7-11(6-9)8-12/h6-7H,3-4H2,1-2H3. The van der Waals surface area contributed by atoms with Crippen molar-refractivity contribution < 1.29 is 0 Å². The van der Waals surface area contributed by atoms with Crippen molar-refractivity contribution in [2.45, 2.75) is 26.7 Å². The number of hydrogen-bond donors (Lipinski definition) is 0. The lowest BCUT2D eigenvalue weighted by atomic mass is 10.0. The monoisotopic (exact) mass is 158 g/mol. The minimum absolute atomic E-state index is 0.752. The van der Waals surface area contributed by atoms with Gasteiger partial charge in [-0.25, -0.2) is 0 Å². The Morgan fingerprint density at radius 3 is 2.08 bits per heavy atom. The summed E-state index contributed by atoms with van der Waals surface area (Å²) in [5.74, 6) is 0. The summed E-state index contributed by atoms with van der Waals surface area (Å²) in [6, 6.07) is 9.23. The normalized spacial score (nSPS) is 9.42. The van der Waals surface area contributed by atoms with Gasteiger partial charge >= 0.3 is 0 Å². The summed E-state index contributed by atoms with van der Waals surface area (Å²) < 4.78 is 0. The van der Waals surface area contributed by atoms with Gasteiger partial charge in [0.25, 0.3) is 0 Å². The van der Waals surface area contributed by atoms with Crippen molar-refractivity contribution >= 4 is 0 Å². The predicted octanol–water partition coefficient (Wildman–Crippen LogP) is 2.48. The van der Waals surface area contributed by atoms with E-state index >= 15 is 0 Å². The molecule has 0 fully saturated rings. The van der Waals surface area contributed by atoms with E-state index in [2.05, 4.69) is 26.0 Å². The Morgan fingerprint density at radius 2 is 1.75 bits per heavy atom. The average Bonchev–Trinajstić information content (AvgIpc) is 2.16. The smallest absolute Gasteiger partial charge is 0.0991 e. The molecule has 0 atom stereocenters. The summed E-state index contributed by atoms with van der Waals surface area (Å²) in [6.45, 7) is 4.15. The van der Waals surface area contributed by atoms with Crippen LogP contribution >= 0.6 is 0 Å². The van der Waals surface area contributed by atoms with E-state index in [1.54, 1.807) is 0 Å². The fourth-order valence-electron chi connectivity index (χ4n) is 1.14. The summed E-state index contributed by atoms with van der Waals surface area (Å²) in [5, 5.41) is 8.71. The summed E-state index contributed by atoms with van der Waals surface area (Å²) >= 11 is 0. The zero-order valence-electron chi connectivity index (χ0n) is 7.52. The molecule has 1 aromatic carbocycles. The minimum Gasteiger partial charge on any atom is -0.192 e. The number of benzene rings is 1. The second-order valence-corrected chi connectivity index (χ2v) is 2.74. The van der Waals surface area contributed by atoms with Crippen molar-refractivity contribution in [3.8, 4) is 6.07 Å². The molecule has 0 spiro atoms. The Kier molecular flexibility index (Phi) is 2.88. The first-order valence-corrected chi connectivity index (χ1v) is 4.25. The van der Waals surface area contributed by atoms with E-state index < -0.39 is 0 Å². The number of rotatable bonds is 2. The molecule has 0 aromatic heterocycles. The maximum atomic E-state index is 8.71. The van der Waals surface area contributed by atoms with Crippen LogP contribution in [-0.2, 0) is 12.8 Å². The van der Waals surface area contributed by atoms with Crippen LogP contribution in [0.4, 0.5) is 0 Å². The molecule has 0 aliphatic rings. The Morgan fingerprint density at radius 1 is 1.25 bits per heavy atom. The second kappa shape index (κ2) is 3.92. The van der Waals surface area contributed by atoms with Crippen LogP contribution in [0.1, 0.15) is 30.5 Å². The highest BCUT2D eigenvalue weighted by Crippen LogP contribution is 2.09. The highest BCUT2D eigenvalue weighted by atomic mass is 14.2. The van der Waals surface area contributed by atoms with Gasteiger partial charge in [-0.05, 0) is 42.2 Å². The zero-order chi connectivity index (χ0) is 8.97. The topological polar surface area (TPSA) is 23.8 Å². The third-order valence-corrected chi connectivity index (χ3v) is 1.87. The van der Waals surface area contributed by atoms with Gasteiger partial charge in [0.1, 0.15) is 0 Å². The summed E-state index contributed by atoms with van der Waals surface area (Å²) in [5.41, 5.74) is 3.01. The molecule has 0 unspecified atom stereocenters. The van der Waals surface area contributed by atoms with Crippen LogP contribution < -0.4 is 0 Å². The highest BCUT2D eigenvalue weighted by Gasteiger charge is 1.97. The summed E-state index contributed by atoms with van der Waals surface area (Å²) in [7, 11) is 0. The van der Waals surface area contributed by atoms with Crippen molar-refractivity contribution in [2.75, 3.05) is 0 Å². The molecule has 0 aliphatic carbocycles. The Labute approximate surface area is 73.6 Å². The molecule has 1 heteroatoms. The number of aryl methyl sites for hydroxylation is 2. The molecular formula is C11H12N. The molecule has 12 heavy (non-hydrogen) atoms. The van der Waals surface area contributed by atoms with Crippen molar-refractivity contribution in [3.05, 3.63) is 34.9 Å². The van der Waals surface area contributed by atoms with Gasteiger partial charge in [-0.15, -0.1) is 0 Å². The highest BCUT2D eigenvalue weighted by molar-refractivity contribution is 5.36. The van der Waals surface area contributed by atoms with Gasteiger partial charge in [-0.3, -0.25) is 0 Å². The number of nitrogens with zero attached hydrogens (tertiary/aromatic N) is 1. The maximum absolute atomic E-state index is 8.71. The van der Waals surface area contributed by atoms with E-state index in [0.717, 1.165) is 29.5 Å². The van der Waals surface area contributed by atoms with Crippen molar-refractivity contribution in [3.63, 3.8) is 0 Å². The van der Waals surface area contributed by atoms with Crippen molar-refractivity contribution in [2.24, 2.45) is 0 Å². The summed E-state index contributed by atoms with van der Waals surface area (Å²) in [6.07, 6.45) is 1.89. The van der Waals surface area contributed by atoms with Gasteiger partial charge < -0.3 is 0 Å². The molecule has 1 nitrogen and oxygen atoms in total. The SMILES string of the molecule is CCc1[c]c(CC)cc(C#N)c1. The van der Waals surface area contributed by atoms with Crippen molar-refractivity contribution in [1.82, 2.24) is 0 Å². The lowest BCUT2D eigenvalue weighted by molar-refractivity contribution is 1.08. The van der Waals surface area contributed by atoms with Crippen LogP contribution in [0.5, 0.6) is 0 Å². The molecular weight excluding hydrogens is 146 g/mol. The zero-order valence-corrected chi connectivity index (χ0v) is 7.52. The lowest BCUT2D eigenvalue weighted by Crippen LogP contribution is -1.88. The van der Waals surface area contributed by atoms with Crippen molar-refractivity contribution in [1.29, 1.82) is 5.26 Å². The Hall–Kier alpha value is -1.29. The fourth-order valence-corrected chi connectivity index (χ4v) is 1.14. The van der Waals surface area contributed by atoms with Gasteiger partial charge in [-0.1, -0.05) is 13.8 Å². The van der Waals surface area contributed by atoms with E-state index in [9.17, 15) is 0 Å². The molecule has 0 bridgehead atoms. The van der Waals surface area contributed by atoms with E-state index in [-0.39, 0.29) is 0 Å². The molecule has 0 N–H and O–H groups in total. The van der Waals surface area contributed by atoms with Crippen LogP contribution in [0.2, 0.25) is 0 Å². The first-order chi connectivity index (χ1) is 5.80. The first kappa shape index (κ1) is 8.80. The molecule has 0 aliphatic heterocycles. The Balaban J connectivity index is 3.12. The molecule has 1 aromatic rings.